The Morgan fingerprint density at radius 3 is 1.88 bits per heavy atom. The van der Waals surface area contributed by atoms with E-state index in [0.717, 1.165) is 12.0 Å². The van der Waals surface area contributed by atoms with E-state index in [0.29, 0.717) is 11.8 Å². The first-order valence-electron chi connectivity index (χ1n) is 18.4. The number of allylic oxidation sites excluding steroid dienone is 3. The highest BCUT2D eigenvalue weighted by Gasteiger charge is 2.39. The van der Waals surface area contributed by atoms with Crippen LogP contribution in [0.1, 0.15) is 125 Å². The van der Waals surface area contributed by atoms with Crippen LogP contribution in [-0.2, 0) is 23.7 Å². The van der Waals surface area contributed by atoms with Gasteiger partial charge in [-0.15, -0.1) is 0 Å². The maximum atomic E-state index is 2.70. The highest BCUT2D eigenvalue weighted by Crippen LogP contribution is 2.56. The molecule has 2 atom stereocenters. The van der Waals surface area contributed by atoms with Crippen molar-refractivity contribution >= 4 is 20.4 Å². The zero-order chi connectivity index (χ0) is 34.3. The summed E-state index contributed by atoms with van der Waals surface area (Å²) < 4.78 is 0. The molecular weight excluding hydrogens is 593 g/mol. The zero-order valence-corrected chi connectivity index (χ0v) is 32.4. The Morgan fingerprint density at radius 1 is 0.708 bits per heavy atom. The normalized spacial score (nSPS) is 18.9. The summed E-state index contributed by atoms with van der Waals surface area (Å²) in [4.78, 5) is 0. The van der Waals surface area contributed by atoms with Gasteiger partial charge in [0.2, 0.25) is 0 Å². The third kappa shape index (κ3) is 5.51. The fourth-order valence-corrected chi connectivity index (χ4v) is 10.6. The molecular formula is C47H55Si. The molecule has 0 amide bonds. The van der Waals surface area contributed by atoms with Gasteiger partial charge in [-0.2, -0.15) is 0 Å². The Morgan fingerprint density at radius 2 is 1.31 bits per heavy atom. The maximum Gasteiger partial charge on any atom is 0.0497 e. The van der Waals surface area contributed by atoms with E-state index >= 15 is 0 Å². The summed E-state index contributed by atoms with van der Waals surface area (Å²) in [5.41, 5.74) is 23.5. The molecule has 0 N–H and O–H groups in total. The van der Waals surface area contributed by atoms with Gasteiger partial charge in [0.05, 0.1) is 0 Å². The van der Waals surface area contributed by atoms with Gasteiger partial charge in [0, 0.05) is 14.7 Å². The van der Waals surface area contributed by atoms with Crippen LogP contribution in [-0.4, -0.2) is 8.80 Å². The number of hydrogen-bond donors (Lipinski definition) is 0. The topological polar surface area (TPSA) is 0 Å². The molecule has 0 heterocycles. The molecule has 0 fully saturated rings. The summed E-state index contributed by atoms with van der Waals surface area (Å²) in [6, 6.07) is 28.8. The number of benzene rings is 4. The first-order chi connectivity index (χ1) is 22.6. The van der Waals surface area contributed by atoms with Gasteiger partial charge >= 0.3 is 0 Å². The van der Waals surface area contributed by atoms with E-state index in [2.05, 4.69) is 154 Å². The summed E-state index contributed by atoms with van der Waals surface area (Å²) in [7, 11) is -0.462. The van der Waals surface area contributed by atoms with Gasteiger partial charge in [-0.25, -0.2) is 0 Å². The number of hydrogen-bond acceptors (Lipinski definition) is 0. The summed E-state index contributed by atoms with van der Waals surface area (Å²) >= 11 is 0. The first-order valence-corrected chi connectivity index (χ1v) is 21.0. The lowest BCUT2D eigenvalue weighted by atomic mass is 9.78. The monoisotopic (exact) mass is 647 g/mol. The van der Waals surface area contributed by atoms with Crippen LogP contribution in [0.4, 0.5) is 0 Å². The number of fused-ring (bicyclic) bond motifs is 3. The molecule has 0 aliphatic heterocycles. The van der Waals surface area contributed by atoms with E-state index in [1.54, 1.807) is 44.5 Å². The molecule has 0 saturated heterocycles. The highest BCUT2D eigenvalue weighted by atomic mass is 28.3. The van der Waals surface area contributed by atoms with Crippen LogP contribution in [0, 0.1) is 5.92 Å². The summed E-state index contributed by atoms with van der Waals surface area (Å²) in [5, 5.41) is 0. The molecule has 4 aromatic rings. The average Bonchev–Trinajstić information content (AvgIpc) is 3.71. The molecule has 48 heavy (non-hydrogen) atoms. The van der Waals surface area contributed by atoms with E-state index in [4.69, 9.17) is 0 Å². The van der Waals surface area contributed by atoms with Crippen LogP contribution in [0.3, 0.4) is 0 Å². The SMILES string of the molecule is CC1=C(C2C(C(C)C)=Cc3c(-c4ccc(C(C)(C)C)cc4)cccc32)c2cc3c(c(-c4ccc(C(C)(C)C)cc4)c2C1)CCC3[Si](C)C. The smallest absolute Gasteiger partial charge is 0.0497 e. The average molecular weight is 648 g/mol. The minimum atomic E-state index is -0.462. The van der Waals surface area contributed by atoms with Crippen LogP contribution in [0.5, 0.6) is 0 Å². The molecule has 247 valence electrons. The highest BCUT2D eigenvalue weighted by molar-refractivity contribution is 6.57. The maximum absolute atomic E-state index is 2.70. The number of rotatable bonds is 5. The summed E-state index contributed by atoms with van der Waals surface area (Å²) in [6.07, 6.45) is 6.15. The third-order valence-electron chi connectivity index (χ3n) is 11.7. The second-order valence-corrected chi connectivity index (χ2v) is 20.4. The van der Waals surface area contributed by atoms with E-state index < -0.39 is 8.80 Å². The lowest BCUT2D eigenvalue weighted by molar-refractivity contribution is 0.590. The lowest BCUT2D eigenvalue weighted by Crippen LogP contribution is -2.14. The quantitative estimate of drug-likeness (QED) is 0.189. The molecule has 0 saturated carbocycles. The van der Waals surface area contributed by atoms with Gasteiger partial charge in [0.1, 0.15) is 0 Å². The minimum Gasteiger partial charge on any atom is -0.0708 e. The van der Waals surface area contributed by atoms with Crippen molar-refractivity contribution in [1.82, 2.24) is 0 Å². The largest absolute Gasteiger partial charge is 0.0708 e. The Kier molecular flexibility index (Phi) is 8.18. The molecule has 0 spiro atoms. The standard InChI is InChI=1S/C47H55Si/c1-28(2)37-26-38-34(30-15-19-32(20-16-30)46(4,5)6)13-12-14-35(38)45(37)43-29(3)25-40-41(43)27-39-36(23-24-42(39)48(10)11)44(40)31-17-21-33(22-18-31)47(7,8)9/h12-22,26-28,42,45H,23-25H2,1-11H3. The predicted molar refractivity (Wildman–Crippen MR) is 212 cm³/mol. The molecule has 2 unspecified atom stereocenters. The van der Waals surface area contributed by atoms with Gasteiger partial charge in [0.25, 0.3) is 0 Å². The van der Waals surface area contributed by atoms with Crippen LogP contribution in [0.15, 0.2) is 83.9 Å². The van der Waals surface area contributed by atoms with Crippen LogP contribution < -0.4 is 0 Å². The first kappa shape index (κ1) is 33.1. The Labute approximate surface area is 293 Å². The van der Waals surface area contributed by atoms with Gasteiger partial charge < -0.3 is 0 Å². The van der Waals surface area contributed by atoms with Crippen molar-refractivity contribution in [3.8, 4) is 22.3 Å². The molecule has 3 aliphatic rings. The van der Waals surface area contributed by atoms with Crippen molar-refractivity contribution in [2.45, 2.75) is 117 Å². The van der Waals surface area contributed by atoms with Crippen molar-refractivity contribution in [3.63, 3.8) is 0 Å². The van der Waals surface area contributed by atoms with Crippen molar-refractivity contribution in [2.24, 2.45) is 5.92 Å². The molecule has 1 radical (unpaired) electrons. The van der Waals surface area contributed by atoms with E-state index in [-0.39, 0.29) is 10.8 Å². The van der Waals surface area contributed by atoms with Gasteiger partial charge in [-0.05, 0) is 121 Å². The van der Waals surface area contributed by atoms with E-state index in [1.165, 1.54) is 51.8 Å². The Balaban J connectivity index is 1.40. The minimum absolute atomic E-state index is 0.150. The fraction of sp³-hybridized carbons (Fsp3) is 0.404. The molecule has 7 rings (SSSR count). The molecule has 0 nitrogen and oxygen atoms in total. The second-order valence-electron chi connectivity index (χ2n) is 17.6. The van der Waals surface area contributed by atoms with Crippen LogP contribution in [0.25, 0.3) is 33.9 Å². The molecule has 0 aromatic heterocycles. The molecule has 0 bridgehead atoms. The van der Waals surface area contributed by atoms with Gasteiger partial charge in [0.15, 0.2) is 0 Å². The van der Waals surface area contributed by atoms with Crippen molar-refractivity contribution in [1.29, 1.82) is 0 Å². The third-order valence-corrected chi connectivity index (χ3v) is 13.7. The van der Waals surface area contributed by atoms with Crippen LogP contribution in [0.2, 0.25) is 13.1 Å². The van der Waals surface area contributed by atoms with Crippen molar-refractivity contribution in [3.05, 3.63) is 128 Å². The summed E-state index contributed by atoms with van der Waals surface area (Å²) in [6.45, 7) is 26.2. The fourth-order valence-electron chi connectivity index (χ4n) is 8.97. The molecule has 4 aromatic carbocycles. The van der Waals surface area contributed by atoms with E-state index in [9.17, 15) is 0 Å². The molecule has 1 heteroatoms. The van der Waals surface area contributed by atoms with Gasteiger partial charge in [-0.1, -0.05) is 159 Å². The lowest BCUT2D eigenvalue weighted by Gasteiger charge is -2.26. The predicted octanol–water partition coefficient (Wildman–Crippen LogP) is 13.1. The van der Waals surface area contributed by atoms with Crippen LogP contribution >= 0.6 is 0 Å². The zero-order valence-electron chi connectivity index (χ0n) is 31.4. The van der Waals surface area contributed by atoms with Crippen molar-refractivity contribution < 1.29 is 0 Å². The molecule has 3 aliphatic carbocycles. The second kappa shape index (κ2) is 11.9. The summed E-state index contributed by atoms with van der Waals surface area (Å²) in [5.74, 6) is 0.771. The van der Waals surface area contributed by atoms with Gasteiger partial charge in [-0.3, -0.25) is 0 Å². The van der Waals surface area contributed by atoms with E-state index in [1.807, 2.05) is 0 Å². The Hall–Kier alpha value is -3.42. The Bertz CT molecular complexity index is 1950. The van der Waals surface area contributed by atoms with Crippen molar-refractivity contribution in [2.75, 3.05) is 0 Å².